The first kappa shape index (κ1) is 4.56. The molecule has 1 aromatic rings. The Balaban J connectivity index is 2.91. The molecule has 1 aliphatic carbocycles. The Morgan fingerprint density at radius 3 is 3.07 bits per heavy atom. The van der Waals surface area contributed by atoms with Gasteiger partial charge in [-0.3, -0.25) is 4.79 Å². The van der Waals surface area contributed by atoms with Crippen molar-refractivity contribution in [2.75, 3.05) is 0 Å². The van der Waals surface area contributed by atoms with Gasteiger partial charge in [0.05, 0.1) is 5.48 Å². The summed E-state index contributed by atoms with van der Waals surface area (Å²) in [6, 6.07) is -2.75. The van der Waals surface area contributed by atoms with Gasteiger partial charge in [-0.1, -0.05) is 36.1 Å². The lowest BCUT2D eigenvalue weighted by molar-refractivity contribution is -0.126. The minimum Gasteiger partial charge on any atom is -0.315 e. The zero-order valence-corrected chi connectivity index (χ0v) is 8.53. The number of hydrogen-bond acceptors (Lipinski definition) is 2. The maximum atomic E-state index is 12.4. The van der Waals surface area contributed by atoms with Crippen LogP contribution in [0.4, 0.5) is 0 Å². The van der Waals surface area contributed by atoms with E-state index >= 15 is 0 Å². The molecule has 15 heavy (non-hydrogen) atoms. The van der Waals surface area contributed by atoms with Crippen molar-refractivity contribution in [3.05, 3.63) is 34.8 Å². The van der Waals surface area contributed by atoms with Crippen LogP contribution in [0.3, 0.4) is 0 Å². The Hall–Kier alpha value is -0.860. The smallest absolute Gasteiger partial charge is 0.157 e. The molecule has 1 aromatic carbocycles. The van der Waals surface area contributed by atoms with E-state index in [1.165, 1.54) is 0 Å². The minimum atomic E-state index is -2.91. The number of carbonyl (C=O) groups is 1. The van der Waals surface area contributed by atoms with Crippen molar-refractivity contribution < 1.29 is 15.8 Å². The van der Waals surface area contributed by atoms with Gasteiger partial charge in [0.15, 0.2) is 5.78 Å². The highest BCUT2D eigenvalue weighted by atomic mass is 35.5. The van der Waals surface area contributed by atoms with Gasteiger partial charge in [0.25, 0.3) is 0 Å². The first-order valence-electron chi connectivity index (χ1n) is 8.39. The second-order valence-corrected chi connectivity index (χ2v) is 3.60. The number of carbonyl (C=O) groups excluding carboxylic acids is 1. The van der Waals surface area contributed by atoms with Crippen molar-refractivity contribution >= 4 is 17.4 Å². The van der Waals surface area contributed by atoms with Crippen molar-refractivity contribution in [3.63, 3.8) is 0 Å². The molecule has 0 amide bonds. The van der Waals surface area contributed by atoms with Gasteiger partial charge in [0, 0.05) is 16.9 Å². The highest BCUT2D eigenvalue weighted by Crippen LogP contribution is 2.35. The molecule has 0 bridgehead atoms. The van der Waals surface area contributed by atoms with Crippen LogP contribution in [0.25, 0.3) is 0 Å². The molecule has 2 N–H and O–H groups in total. The van der Waals surface area contributed by atoms with Crippen LogP contribution in [0, 0.1) is 0 Å². The second kappa shape index (κ2) is 3.95. The summed E-state index contributed by atoms with van der Waals surface area (Å²) >= 11 is 5.95. The fourth-order valence-electron chi connectivity index (χ4n) is 1.42. The summed E-state index contributed by atoms with van der Waals surface area (Å²) in [6.45, 7) is 0. The molecule has 80 valence electrons. The quantitative estimate of drug-likeness (QED) is 0.808. The fourth-order valence-corrected chi connectivity index (χ4v) is 1.66. The SMILES string of the molecule is [2H]c1c([2H])c([2H])c(C2(N)C(=O)CCC([2H])([2H])C2([2H])[2H])c(Cl)c1[2H]. The molecule has 1 unspecified atom stereocenters. The van der Waals surface area contributed by atoms with Crippen LogP contribution in [-0.4, -0.2) is 5.78 Å². The van der Waals surface area contributed by atoms with Gasteiger partial charge in [-0.05, 0) is 24.4 Å². The van der Waals surface area contributed by atoms with Crippen LogP contribution in [0.15, 0.2) is 24.2 Å². The Bertz CT molecular complexity index is 678. The van der Waals surface area contributed by atoms with E-state index in [0.717, 1.165) is 0 Å². The average molecular weight is 232 g/mol. The van der Waals surface area contributed by atoms with E-state index in [4.69, 9.17) is 28.3 Å². The summed E-state index contributed by atoms with van der Waals surface area (Å²) in [5.41, 5.74) is 2.75. The second-order valence-electron chi connectivity index (χ2n) is 3.22. The Kier molecular flexibility index (Phi) is 1.20. The molecule has 0 aliphatic heterocycles. The fraction of sp³-hybridized carbons (Fsp3) is 0.417. The highest BCUT2D eigenvalue weighted by molar-refractivity contribution is 6.31. The van der Waals surface area contributed by atoms with Gasteiger partial charge in [0.2, 0.25) is 0 Å². The maximum absolute atomic E-state index is 12.4. The van der Waals surface area contributed by atoms with E-state index in [9.17, 15) is 4.79 Å². The van der Waals surface area contributed by atoms with Crippen molar-refractivity contribution in [2.24, 2.45) is 5.73 Å². The van der Waals surface area contributed by atoms with Crippen LogP contribution in [-0.2, 0) is 10.3 Å². The summed E-state index contributed by atoms with van der Waals surface area (Å²) in [7, 11) is 0. The van der Waals surface area contributed by atoms with E-state index in [-0.39, 0.29) is 12.8 Å². The molecule has 1 atom stereocenters. The van der Waals surface area contributed by atoms with Gasteiger partial charge in [-0.2, -0.15) is 0 Å². The standard InChI is InChI=1S/C12H14ClNO/c13-10-6-2-1-5-9(10)12(14)8-4-3-7-11(12)15/h1-2,5-6H,3-4,7-8,14H2/i1D,2D,4D2,5D,6D,8D2. The molecule has 0 aromatic heterocycles. The molecule has 2 nitrogen and oxygen atoms in total. The van der Waals surface area contributed by atoms with Gasteiger partial charge < -0.3 is 5.73 Å². The lowest BCUT2D eigenvalue weighted by atomic mass is 9.76. The van der Waals surface area contributed by atoms with Crippen LogP contribution >= 0.6 is 11.6 Å². The summed E-state index contributed by atoms with van der Waals surface area (Å²) in [6.07, 6.45) is -6.10. The molecule has 0 spiro atoms. The predicted octanol–water partition coefficient (Wildman–Crippen LogP) is 2.64. The third-order valence-electron chi connectivity index (χ3n) is 2.24. The Morgan fingerprint density at radius 1 is 1.53 bits per heavy atom. The van der Waals surface area contributed by atoms with Crippen molar-refractivity contribution in [2.45, 2.75) is 31.1 Å². The number of nitrogens with two attached hydrogens (primary N) is 1. The monoisotopic (exact) mass is 231 g/mol. The molecular formula is C12H14ClNO. The van der Waals surface area contributed by atoms with Crippen molar-refractivity contribution in [3.8, 4) is 0 Å². The predicted molar refractivity (Wildman–Crippen MR) is 60.8 cm³/mol. The lowest BCUT2D eigenvalue weighted by Gasteiger charge is -2.32. The molecule has 0 radical (unpaired) electrons. The molecule has 0 saturated heterocycles. The van der Waals surface area contributed by atoms with Crippen LogP contribution in [0.5, 0.6) is 0 Å². The van der Waals surface area contributed by atoms with Crippen molar-refractivity contribution in [1.82, 2.24) is 0 Å². The van der Waals surface area contributed by atoms with Crippen LogP contribution in [0.1, 0.15) is 42.1 Å². The third-order valence-corrected chi connectivity index (χ3v) is 2.52. The first-order valence-corrected chi connectivity index (χ1v) is 4.77. The highest BCUT2D eigenvalue weighted by Gasteiger charge is 2.38. The molecular weight excluding hydrogens is 210 g/mol. The van der Waals surface area contributed by atoms with Crippen LogP contribution in [0.2, 0.25) is 5.02 Å². The number of halogens is 1. The topological polar surface area (TPSA) is 43.1 Å². The summed E-state index contributed by atoms with van der Waals surface area (Å²) in [5.74, 6) is -0.857. The maximum Gasteiger partial charge on any atom is 0.157 e. The largest absolute Gasteiger partial charge is 0.315 e. The number of rotatable bonds is 1. The zero-order valence-electron chi connectivity index (χ0n) is 15.8. The molecule has 1 aliphatic rings. The normalized spacial score (nSPS) is 41.1. The van der Waals surface area contributed by atoms with E-state index in [1.807, 2.05) is 0 Å². The van der Waals surface area contributed by atoms with E-state index < -0.39 is 58.8 Å². The minimum absolute atomic E-state index is 0.359. The third kappa shape index (κ3) is 1.80. The molecule has 1 fully saturated rings. The van der Waals surface area contributed by atoms with Gasteiger partial charge in [-0.15, -0.1) is 0 Å². The number of benzene rings is 1. The molecule has 2 rings (SSSR count). The van der Waals surface area contributed by atoms with Crippen molar-refractivity contribution in [1.29, 1.82) is 0 Å². The average Bonchev–Trinajstić information content (AvgIpc) is 2.46. The lowest BCUT2D eigenvalue weighted by Crippen LogP contribution is -2.47. The first-order chi connectivity index (χ1) is 10.3. The Labute approximate surface area is 106 Å². The zero-order chi connectivity index (χ0) is 18.0. The van der Waals surface area contributed by atoms with E-state index in [1.54, 1.807) is 0 Å². The van der Waals surface area contributed by atoms with E-state index in [2.05, 4.69) is 0 Å². The van der Waals surface area contributed by atoms with Gasteiger partial charge in [-0.25, -0.2) is 0 Å². The Morgan fingerprint density at radius 2 is 2.27 bits per heavy atom. The van der Waals surface area contributed by atoms with Crippen LogP contribution < -0.4 is 5.73 Å². The molecule has 0 heterocycles. The van der Waals surface area contributed by atoms with Gasteiger partial charge in [0.1, 0.15) is 5.54 Å². The van der Waals surface area contributed by atoms with Gasteiger partial charge >= 0.3 is 0 Å². The number of Topliss-reactive ketones (excluding diaryl/α,β-unsaturated/α-hetero) is 1. The summed E-state index contributed by atoms with van der Waals surface area (Å²) < 4.78 is 62.7. The number of ketones is 1. The number of hydrogen-bond donors (Lipinski definition) is 1. The summed E-state index contributed by atoms with van der Waals surface area (Å²) in [4.78, 5) is 12.4. The molecule has 1 saturated carbocycles. The molecule has 3 heteroatoms. The van der Waals surface area contributed by atoms with E-state index in [0.29, 0.717) is 0 Å². The summed E-state index contributed by atoms with van der Waals surface area (Å²) in [5, 5.41) is -0.576.